The number of nitrogens with one attached hydrogen (secondary N) is 1. The van der Waals surface area contributed by atoms with E-state index in [1.807, 2.05) is 6.07 Å². The Bertz CT molecular complexity index is 705. The van der Waals surface area contributed by atoms with E-state index in [4.69, 9.17) is 16.3 Å². The molecule has 2 aromatic rings. The van der Waals surface area contributed by atoms with Gasteiger partial charge in [0.1, 0.15) is 5.60 Å². The Morgan fingerprint density at radius 2 is 2.14 bits per heavy atom. The maximum atomic E-state index is 11.9. The van der Waals surface area contributed by atoms with E-state index in [9.17, 15) is 4.79 Å². The van der Waals surface area contributed by atoms with Crippen LogP contribution in [0.5, 0.6) is 0 Å². The van der Waals surface area contributed by atoms with Crippen LogP contribution in [-0.4, -0.2) is 16.7 Å². The lowest BCUT2D eigenvalue weighted by atomic mass is 10.1. The van der Waals surface area contributed by atoms with Gasteiger partial charge < -0.3 is 4.74 Å². The number of rotatable bonds is 2. The molecule has 0 saturated heterocycles. The van der Waals surface area contributed by atoms with Crippen LogP contribution < -0.4 is 5.32 Å². The summed E-state index contributed by atoms with van der Waals surface area (Å²) in [5.74, 6) is 0. The number of benzene rings is 1. The third kappa shape index (κ3) is 3.73. The van der Waals surface area contributed by atoms with Gasteiger partial charge in [-0.1, -0.05) is 24.3 Å². The van der Waals surface area contributed by atoms with Gasteiger partial charge in [0.15, 0.2) is 0 Å². The topological polar surface area (TPSA) is 51.2 Å². The molecule has 1 heterocycles. The van der Waals surface area contributed by atoms with E-state index in [1.54, 1.807) is 45.2 Å². The maximum absolute atomic E-state index is 11.9. The smallest absolute Gasteiger partial charge is 0.412 e. The van der Waals surface area contributed by atoms with Crippen molar-refractivity contribution >= 4 is 40.4 Å². The van der Waals surface area contributed by atoms with E-state index in [2.05, 4.69) is 16.9 Å². The van der Waals surface area contributed by atoms with E-state index in [0.29, 0.717) is 10.7 Å². The quantitative estimate of drug-likeness (QED) is 0.860. The summed E-state index contributed by atoms with van der Waals surface area (Å²) < 4.78 is 5.24. The van der Waals surface area contributed by atoms with Crippen molar-refractivity contribution in [2.24, 2.45) is 0 Å². The first-order valence-corrected chi connectivity index (χ1v) is 6.88. The Labute approximate surface area is 128 Å². The van der Waals surface area contributed by atoms with Crippen LogP contribution in [-0.2, 0) is 4.74 Å². The maximum Gasteiger partial charge on any atom is 0.412 e. The Balaban J connectivity index is 2.40. The van der Waals surface area contributed by atoms with Gasteiger partial charge in [0.2, 0.25) is 0 Å². The zero-order chi connectivity index (χ0) is 15.6. The van der Waals surface area contributed by atoms with Crippen LogP contribution in [0.4, 0.5) is 10.5 Å². The monoisotopic (exact) mass is 304 g/mol. The second kappa shape index (κ2) is 5.74. The summed E-state index contributed by atoms with van der Waals surface area (Å²) in [5, 5.41) is 4.12. The molecule has 0 atom stereocenters. The van der Waals surface area contributed by atoms with Crippen molar-refractivity contribution < 1.29 is 9.53 Å². The van der Waals surface area contributed by atoms with Crippen molar-refractivity contribution in [3.8, 4) is 0 Å². The fraction of sp³-hybridized carbons (Fsp3) is 0.250. The predicted molar refractivity (Wildman–Crippen MR) is 86.7 cm³/mol. The lowest BCUT2D eigenvalue weighted by molar-refractivity contribution is 0.0636. The minimum absolute atomic E-state index is 0.534. The molecule has 0 radical (unpaired) electrons. The van der Waals surface area contributed by atoms with Gasteiger partial charge in [-0.25, -0.2) is 4.79 Å². The number of amides is 1. The van der Waals surface area contributed by atoms with Crippen molar-refractivity contribution in [1.29, 1.82) is 0 Å². The van der Waals surface area contributed by atoms with Gasteiger partial charge in [0.05, 0.1) is 17.4 Å². The molecule has 0 aliphatic rings. The predicted octanol–water partition coefficient (Wildman–Crippen LogP) is 4.88. The Morgan fingerprint density at radius 1 is 1.43 bits per heavy atom. The average Bonchev–Trinajstić information content (AvgIpc) is 2.36. The van der Waals surface area contributed by atoms with E-state index in [-0.39, 0.29) is 0 Å². The van der Waals surface area contributed by atoms with Crippen LogP contribution in [0.1, 0.15) is 26.3 Å². The minimum Gasteiger partial charge on any atom is -0.444 e. The molecule has 0 spiro atoms. The standard InChI is InChI=1S/C16H17ClN2O2/c1-5-11-12-8-10(17)6-7-13(12)18-9-14(11)19-15(20)21-16(2,3)4/h5-9H,1H2,2-4H3,(H,19,20). The average molecular weight is 305 g/mol. The first kappa shape index (κ1) is 15.3. The summed E-state index contributed by atoms with van der Waals surface area (Å²) in [6.07, 6.45) is 2.71. The molecule has 21 heavy (non-hydrogen) atoms. The fourth-order valence-electron chi connectivity index (χ4n) is 1.92. The Kier molecular flexibility index (Phi) is 4.19. The van der Waals surface area contributed by atoms with E-state index in [0.717, 1.165) is 16.5 Å². The van der Waals surface area contributed by atoms with Crippen LogP contribution in [0.15, 0.2) is 31.0 Å². The van der Waals surface area contributed by atoms with Crippen molar-refractivity contribution in [2.45, 2.75) is 26.4 Å². The van der Waals surface area contributed by atoms with Gasteiger partial charge in [0.25, 0.3) is 0 Å². The summed E-state index contributed by atoms with van der Waals surface area (Å²) in [6.45, 7) is 9.21. The SMILES string of the molecule is C=Cc1c(NC(=O)OC(C)(C)C)cnc2ccc(Cl)cc12. The molecular weight excluding hydrogens is 288 g/mol. The Hall–Kier alpha value is -2.07. The number of aromatic nitrogens is 1. The van der Waals surface area contributed by atoms with Crippen LogP contribution >= 0.6 is 11.6 Å². The number of hydrogen-bond donors (Lipinski definition) is 1. The summed E-state index contributed by atoms with van der Waals surface area (Å²) >= 11 is 6.02. The molecule has 0 aliphatic heterocycles. The van der Waals surface area contributed by atoms with Gasteiger partial charge in [-0.3, -0.25) is 10.3 Å². The van der Waals surface area contributed by atoms with E-state index in [1.165, 1.54) is 0 Å². The number of halogens is 1. The highest BCUT2D eigenvalue weighted by molar-refractivity contribution is 6.31. The first-order chi connectivity index (χ1) is 9.80. The molecule has 1 aromatic carbocycles. The molecule has 0 fully saturated rings. The molecule has 0 bridgehead atoms. The molecule has 1 N–H and O–H groups in total. The summed E-state index contributed by atoms with van der Waals surface area (Å²) in [6, 6.07) is 5.38. The number of carbonyl (C=O) groups excluding carboxylic acids is 1. The lowest BCUT2D eigenvalue weighted by Gasteiger charge is -2.20. The summed E-state index contributed by atoms with van der Waals surface area (Å²) in [7, 11) is 0. The molecule has 5 heteroatoms. The molecule has 2 rings (SSSR count). The van der Waals surface area contributed by atoms with Crippen LogP contribution in [0.3, 0.4) is 0 Å². The molecule has 0 unspecified atom stereocenters. The van der Waals surface area contributed by atoms with E-state index < -0.39 is 11.7 Å². The first-order valence-electron chi connectivity index (χ1n) is 6.51. The molecule has 0 aliphatic carbocycles. The highest BCUT2D eigenvalue weighted by Crippen LogP contribution is 2.28. The molecule has 0 saturated carbocycles. The third-order valence-electron chi connectivity index (χ3n) is 2.71. The summed E-state index contributed by atoms with van der Waals surface area (Å²) in [4.78, 5) is 16.2. The van der Waals surface area contributed by atoms with Crippen molar-refractivity contribution in [2.75, 3.05) is 5.32 Å². The number of nitrogens with zero attached hydrogens (tertiary/aromatic N) is 1. The number of carbonyl (C=O) groups is 1. The van der Waals surface area contributed by atoms with Gasteiger partial charge in [-0.05, 0) is 39.0 Å². The lowest BCUT2D eigenvalue weighted by Crippen LogP contribution is -2.27. The Morgan fingerprint density at radius 3 is 2.76 bits per heavy atom. The molecule has 110 valence electrons. The second-order valence-electron chi connectivity index (χ2n) is 5.58. The highest BCUT2D eigenvalue weighted by atomic mass is 35.5. The van der Waals surface area contributed by atoms with E-state index >= 15 is 0 Å². The number of fused-ring (bicyclic) bond motifs is 1. The highest BCUT2D eigenvalue weighted by Gasteiger charge is 2.17. The van der Waals surface area contributed by atoms with Crippen LogP contribution in [0, 0.1) is 0 Å². The molecular formula is C16H17ClN2O2. The van der Waals surface area contributed by atoms with Crippen molar-refractivity contribution in [3.63, 3.8) is 0 Å². The van der Waals surface area contributed by atoms with Gasteiger partial charge in [0, 0.05) is 16.0 Å². The van der Waals surface area contributed by atoms with Crippen LogP contribution in [0.25, 0.3) is 17.0 Å². The second-order valence-corrected chi connectivity index (χ2v) is 6.01. The zero-order valence-corrected chi connectivity index (χ0v) is 13.0. The van der Waals surface area contributed by atoms with Crippen molar-refractivity contribution in [1.82, 2.24) is 4.98 Å². The summed E-state index contributed by atoms with van der Waals surface area (Å²) in [5.41, 5.74) is 1.51. The largest absolute Gasteiger partial charge is 0.444 e. The van der Waals surface area contributed by atoms with Gasteiger partial charge >= 0.3 is 6.09 Å². The minimum atomic E-state index is -0.563. The normalized spacial score (nSPS) is 11.2. The zero-order valence-electron chi connectivity index (χ0n) is 12.2. The van der Waals surface area contributed by atoms with Crippen molar-refractivity contribution in [3.05, 3.63) is 41.6 Å². The molecule has 1 amide bonds. The number of anilines is 1. The number of ether oxygens (including phenoxy) is 1. The number of pyridine rings is 1. The fourth-order valence-corrected chi connectivity index (χ4v) is 2.09. The molecule has 1 aromatic heterocycles. The van der Waals surface area contributed by atoms with Crippen LogP contribution in [0.2, 0.25) is 5.02 Å². The molecule has 4 nitrogen and oxygen atoms in total. The third-order valence-corrected chi connectivity index (χ3v) is 2.95. The van der Waals surface area contributed by atoms with Gasteiger partial charge in [-0.2, -0.15) is 0 Å². The number of hydrogen-bond acceptors (Lipinski definition) is 3. The van der Waals surface area contributed by atoms with Gasteiger partial charge in [-0.15, -0.1) is 0 Å².